The molecule has 0 fully saturated rings. The van der Waals surface area contributed by atoms with E-state index >= 15 is 0 Å². The fourth-order valence-electron chi connectivity index (χ4n) is 2.05. The van der Waals surface area contributed by atoms with Crippen LogP contribution in [-0.2, 0) is 20.7 Å². The van der Waals surface area contributed by atoms with Gasteiger partial charge in [-0.25, -0.2) is 0 Å². The van der Waals surface area contributed by atoms with Crippen LogP contribution >= 0.6 is 0 Å². The molecule has 0 aliphatic carbocycles. The molecule has 0 amide bonds. The molecule has 0 N–H and O–H groups in total. The Morgan fingerprint density at radius 1 is 1.05 bits per heavy atom. The number of nitrogens with zero attached hydrogens (tertiary/aromatic N) is 1. The van der Waals surface area contributed by atoms with Gasteiger partial charge in [-0.15, -0.1) is 0 Å². The molecule has 4 heteroatoms. The van der Waals surface area contributed by atoms with Crippen molar-refractivity contribution >= 4 is 5.78 Å². The van der Waals surface area contributed by atoms with E-state index < -0.39 is 0 Å². The number of carbonyl (C=O) groups is 1. The molecule has 0 radical (unpaired) electrons. The monoisotopic (exact) mass is 279 g/mol. The van der Waals surface area contributed by atoms with Gasteiger partial charge in [0.2, 0.25) is 0 Å². The highest BCUT2D eigenvalue weighted by molar-refractivity contribution is 5.82. The Hall–Kier alpha value is -1.23. The number of hydrogen-bond acceptors (Lipinski definition) is 4. The van der Waals surface area contributed by atoms with Crippen molar-refractivity contribution in [2.24, 2.45) is 0 Å². The van der Waals surface area contributed by atoms with Crippen molar-refractivity contribution in [2.75, 3.05) is 47.1 Å². The highest BCUT2D eigenvalue weighted by Gasteiger charge is 2.11. The maximum atomic E-state index is 12.1. The quantitative estimate of drug-likeness (QED) is 0.579. The Balaban J connectivity index is 2.39. The lowest BCUT2D eigenvalue weighted by Crippen LogP contribution is -2.34. The van der Waals surface area contributed by atoms with E-state index in [0.717, 1.165) is 31.7 Å². The van der Waals surface area contributed by atoms with Crippen LogP contribution in [0.15, 0.2) is 30.3 Å². The summed E-state index contributed by atoms with van der Waals surface area (Å²) < 4.78 is 10.1. The summed E-state index contributed by atoms with van der Waals surface area (Å²) in [5.74, 6) is 0.240. The minimum atomic E-state index is 0.240. The second-order valence-corrected chi connectivity index (χ2v) is 4.82. The molecule has 1 aromatic carbocycles. The second-order valence-electron chi connectivity index (χ2n) is 4.82. The fourth-order valence-corrected chi connectivity index (χ4v) is 2.05. The zero-order chi connectivity index (χ0) is 14.6. The number of ketones is 1. The summed E-state index contributed by atoms with van der Waals surface area (Å²) in [6.07, 6.45) is 1.42. The van der Waals surface area contributed by atoms with Crippen molar-refractivity contribution in [2.45, 2.75) is 12.8 Å². The molecule has 0 aliphatic rings. The van der Waals surface area contributed by atoms with Gasteiger partial charge in [-0.1, -0.05) is 30.3 Å². The van der Waals surface area contributed by atoms with Crippen LogP contribution in [0.25, 0.3) is 0 Å². The minimum absolute atomic E-state index is 0.240. The van der Waals surface area contributed by atoms with Gasteiger partial charge in [-0.3, -0.25) is 9.69 Å². The van der Waals surface area contributed by atoms with Crippen molar-refractivity contribution in [3.05, 3.63) is 35.9 Å². The van der Waals surface area contributed by atoms with E-state index in [-0.39, 0.29) is 5.78 Å². The maximum absolute atomic E-state index is 12.1. The number of carbonyl (C=O) groups excluding carboxylic acids is 1. The van der Waals surface area contributed by atoms with Crippen LogP contribution in [0.3, 0.4) is 0 Å². The van der Waals surface area contributed by atoms with E-state index in [1.807, 2.05) is 30.3 Å². The molecule has 0 atom stereocenters. The lowest BCUT2D eigenvalue weighted by Gasteiger charge is -2.21. The lowest BCUT2D eigenvalue weighted by molar-refractivity contribution is -0.119. The Bertz CT molecular complexity index is 367. The van der Waals surface area contributed by atoms with Crippen LogP contribution in [0, 0.1) is 0 Å². The summed E-state index contributed by atoms with van der Waals surface area (Å²) in [6.45, 7) is 3.47. The molecule has 1 rings (SSSR count). The average Bonchev–Trinajstić information content (AvgIpc) is 2.45. The van der Waals surface area contributed by atoms with Crippen LogP contribution in [-0.4, -0.2) is 57.8 Å². The second kappa shape index (κ2) is 10.5. The molecule has 0 saturated carbocycles. The van der Waals surface area contributed by atoms with Crippen LogP contribution < -0.4 is 0 Å². The van der Waals surface area contributed by atoms with E-state index in [4.69, 9.17) is 9.47 Å². The van der Waals surface area contributed by atoms with Crippen LogP contribution in [0.5, 0.6) is 0 Å². The van der Waals surface area contributed by atoms with Gasteiger partial charge >= 0.3 is 0 Å². The Kier molecular flexibility index (Phi) is 8.87. The fraction of sp³-hybridized carbons (Fsp3) is 0.562. The third-order valence-electron chi connectivity index (χ3n) is 3.08. The standard InChI is InChI=1S/C16H25NO3/c1-19-11-6-9-17(10-12-20-2)14-16(18)13-15-7-4-3-5-8-15/h3-5,7-8H,6,9-14H2,1-2H3. The van der Waals surface area contributed by atoms with E-state index in [1.165, 1.54) is 0 Å². The maximum Gasteiger partial charge on any atom is 0.151 e. The zero-order valence-electron chi connectivity index (χ0n) is 12.5. The molecular formula is C16H25NO3. The Morgan fingerprint density at radius 2 is 1.75 bits per heavy atom. The molecule has 0 unspecified atom stereocenters. The first-order chi connectivity index (χ1) is 9.76. The SMILES string of the molecule is COCCCN(CCOC)CC(=O)Cc1ccccc1. The van der Waals surface area contributed by atoms with Gasteiger partial charge in [0, 0.05) is 40.3 Å². The zero-order valence-corrected chi connectivity index (χ0v) is 12.5. The van der Waals surface area contributed by atoms with Crippen LogP contribution in [0.1, 0.15) is 12.0 Å². The minimum Gasteiger partial charge on any atom is -0.385 e. The first kappa shape index (κ1) is 16.8. The van der Waals surface area contributed by atoms with Gasteiger partial charge in [-0.2, -0.15) is 0 Å². The molecule has 0 aromatic heterocycles. The summed E-state index contributed by atoms with van der Waals surface area (Å²) >= 11 is 0. The van der Waals surface area contributed by atoms with Gasteiger partial charge in [0.05, 0.1) is 13.2 Å². The molecule has 20 heavy (non-hydrogen) atoms. The van der Waals surface area contributed by atoms with E-state index in [9.17, 15) is 4.79 Å². The smallest absolute Gasteiger partial charge is 0.151 e. The number of benzene rings is 1. The normalized spacial score (nSPS) is 10.9. The summed E-state index contributed by atoms with van der Waals surface area (Å²) in [5, 5.41) is 0. The highest BCUT2D eigenvalue weighted by Crippen LogP contribution is 2.02. The van der Waals surface area contributed by atoms with Gasteiger partial charge in [0.15, 0.2) is 5.78 Å². The van der Waals surface area contributed by atoms with E-state index in [1.54, 1.807) is 14.2 Å². The molecule has 0 aliphatic heterocycles. The molecule has 112 valence electrons. The van der Waals surface area contributed by atoms with Crippen LogP contribution in [0.2, 0.25) is 0 Å². The van der Waals surface area contributed by atoms with Crippen molar-refractivity contribution < 1.29 is 14.3 Å². The lowest BCUT2D eigenvalue weighted by atomic mass is 10.1. The Morgan fingerprint density at radius 3 is 2.40 bits per heavy atom. The molecule has 0 spiro atoms. The first-order valence-corrected chi connectivity index (χ1v) is 7.02. The summed E-state index contributed by atoms with van der Waals surface area (Å²) in [4.78, 5) is 14.2. The third-order valence-corrected chi connectivity index (χ3v) is 3.08. The van der Waals surface area contributed by atoms with E-state index in [0.29, 0.717) is 19.6 Å². The van der Waals surface area contributed by atoms with Crippen molar-refractivity contribution in [3.8, 4) is 0 Å². The van der Waals surface area contributed by atoms with E-state index in [2.05, 4.69) is 4.90 Å². The number of hydrogen-bond donors (Lipinski definition) is 0. The highest BCUT2D eigenvalue weighted by atomic mass is 16.5. The summed E-state index contributed by atoms with van der Waals surface area (Å²) in [5.41, 5.74) is 1.07. The van der Waals surface area contributed by atoms with Crippen molar-refractivity contribution in [3.63, 3.8) is 0 Å². The van der Waals surface area contributed by atoms with Gasteiger partial charge in [0.1, 0.15) is 0 Å². The van der Waals surface area contributed by atoms with Gasteiger partial charge < -0.3 is 9.47 Å². The molecular weight excluding hydrogens is 254 g/mol. The van der Waals surface area contributed by atoms with Gasteiger partial charge in [-0.05, 0) is 12.0 Å². The summed E-state index contributed by atoms with van der Waals surface area (Å²) in [7, 11) is 3.37. The molecule has 0 saturated heterocycles. The molecule has 0 heterocycles. The van der Waals surface area contributed by atoms with Crippen molar-refractivity contribution in [1.82, 2.24) is 4.90 Å². The Labute approximate surface area is 121 Å². The number of methoxy groups -OCH3 is 2. The third kappa shape index (κ3) is 7.38. The molecule has 0 bridgehead atoms. The largest absolute Gasteiger partial charge is 0.385 e. The van der Waals surface area contributed by atoms with Gasteiger partial charge in [0.25, 0.3) is 0 Å². The predicted octanol–water partition coefficient (Wildman–Crippen LogP) is 1.78. The number of ether oxygens (including phenoxy) is 2. The van der Waals surface area contributed by atoms with Crippen LogP contribution in [0.4, 0.5) is 0 Å². The first-order valence-electron chi connectivity index (χ1n) is 7.02. The topological polar surface area (TPSA) is 38.8 Å². The number of Topliss-reactive ketones (excluding diaryl/α,β-unsaturated/α-hetero) is 1. The van der Waals surface area contributed by atoms with Crippen molar-refractivity contribution in [1.29, 1.82) is 0 Å². The number of rotatable bonds is 11. The summed E-state index contributed by atoms with van der Waals surface area (Å²) in [6, 6.07) is 9.86. The molecule has 1 aromatic rings. The predicted molar refractivity (Wildman–Crippen MR) is 80.0 cm³/mol. The molecule has 4 nitrogen and oxygen atoms in total. The average molecular weight is 279 g/mol.